The average molecular weight is 595 g/mol. The Bertz CT molecular complexity index is 977. The van der Waals surface area contributed by atoms with E-state index in [0.717, 1.165) is 51.4 Å². The van der Waals surface area contributed by atoms with Crippen LogP contribution >= 0.6 is 11.6 Å². The summed E-state index contributed by atoms with van der Waals surface area (Å²) in [7, 11) is 0. The molecule has 0 spiro atoms. The standard InChI is InChI=1S/C30H51ClN6O4/c1-29(2,3)40-27(38)36(17-10-18-37(23-11-8-7-9-12-23)28(39)41-30(4,5)6)20-21-13-15-22(16-14-21)33-26-34-24(31)19-25(32)35-26/h19,21-23H,7-18,20H2,1-6H3,(H3,32,33,34,35)/t21-,22+. The van der Waals surface area contributed by atoms with Gasteiger partial charge < -0.3 is 30.3 Å². The zero-order valence-electron chi connectivity index (χ0n) is 25.9. The van der Waals surface area contributed by atoms with Gasteiger partial charge in [-0.05, 0) is 92.4 Å². The summed E-state index contributed by atoms with van der Waals surface area (Å²) in [6.45, 7) is 13.1. The van der Waals surface area contributed by atoms with Crippen LogP contribution in [0.5, 0.6) is 0 Å². The van der Waals surface area contributed by atoms with Gasteiger partial charge in [0.15, 0.2) is 0 Å². The number of rotatable bonds is 9. The van der Waals surface area contributed by atoms with Gasteiger partial charge in [-0.25, -0.2) is 14.6 Å². The summed E-state index contributed by atoms with van der Waals surface area (Å²) < 4.78 is 11.5. The summed E-state index contributed by atoms with van der Waals surface area (Å²) in [5.41, 5.74) is 4.67. The Morgan fingerprint density at radius 3 is 2.12 bits per heavy atom. The third-order valence-corrected chi connectivity index (χ3v) is 7.69. The molecular formula is C30H51ClN6O4. The van der Waals surface area contributed by atoms with Gasteiger partial charge in [0.25, 0.3) is 0 Å². The van der Waals surface area contributed by atoms with Gasteiger partial charge in [0.1, 0.15) is 22.2 Å². The first-order valence-electron chi connectivity index (χ1n) is 15.2. The topological polar surface area (TPSA) is 123 Å². The Morgan fingerprint density at radius 1 is 0.927 bits per heavy atom. The number of nitrogens with two attached hydrogens (primary N) is 1. The summed E-state index contributed by atoms with van der Waals surface area (Å²) in [5, 5.41) is 3.67. The van der Waals surface area contributed by atoms with E-state index < -0.39 is 11.2 Å². The van der Waals surface area contributed by atoms with E-state index in [4.69, 9.17) is 26.8 Å². The van der Waals surface area contributed by atoms with Gasteiger partial charge in [0.2, 0.25) is 5.95 Å². The van der Waals surface area contributed by atoms with Gasteiger partial charge in [0, 0.05) is 37.8 Å². The summed E-state index contributed by atoms with van der Waals surface area (Å²) in [5.74, 6) is 1.13. The van der Waals surface area contributed by atoms with E-state index in [-0.39, 0.29) is 24.3 Å². The van der Waals surface area contributed by atoms with Crippen molar-refractivity contribution < 1.29 is 19.1 Å². The summed E-state index contributed by atoms with van der Waals surface area (Å²) >= 11 is 6.03. The number of hydrogen-bond donors (Lipinski definition) is 2. The molecule has 41 heavy (non-hydrogen) atoms. The Morgan fingerprint density at radius 2 is 1.54 bits per heavy atom. The zero-order valence-corrected chi connectivity index (χ0v) is 26.6. The number of aromatic nitrogens is 2. The molecule has 0 radical (unpaired) electrons. The molecule has 0 atom stereocenters. The number of carbonyl (C=O) groups is 2. The molecule has 3 rings (SSSR count). The van der Waals surface area contributed by atoms with Crippen molar-refractivity contribution in [3.05, 3.63) is 11.2 Å². The maximum absolute atomic E-state index is 13.2. The third kappa shape index (κ3) is 11.7. The third-order valence-electron chi connectivity index (χ3n) is 7.50. The minimum Gasteiger partial charge on any atom is -0.444 e. The van der Waals surface area contributed by atoms with E-state index in [9.17, 15) is 9.59 Å². The summed E-state index contributed by atoms with van der Waals surface area (Å²) in [6.07, 6.45) is 9.34. The molecule has 0 bridgehead atoms. The Kier molecular flexibility index (Phi) is 11.8. The van der Waals surface area contributed by atoms with Gasteiger partial charge in [-0.2, -0.15) is 4.98 Å². The molecule has 2 aliphatic rings. The first-order chi connectivity index (χ1) is 19.2. The second-order valence-corrected chi connectivity index (χ2v) is 13.9. The van der Waals surface area contributed by atoms with E-state index in [1.807, 2.05) is 51.3 Å². The van der Waals surface area contributed by atoms with Crippen LogP contribution in [-0.2, 0) is 9.47 Å². The average Bonchev–Trinajstić information content (AvgIpc) is 2.84. The van der Waals surface area contributed by atoms with Gasteiger partial charge >= 0.3 is 12.2 Å². The van der Waals surface area contributed by atoms with Crippen molar-refractivity contribution in [1.82, 2.24) is 19.8 Å². The molecule has 2 amide bonds. The molecule has 0 unspecified atom stereocenters. The van der Waals surface area contributed by atoms with E-state index in [1.54, 1.807) is 0 Å². The van der Waals surface area contributed by atoms with Crippen molar-refractivity contribution in [3.8, 4) is 0 Å². The van der Waals surface area contributed by atoms with Crippen LogP contribution in [0.4, 0.5) is 21.4 Å². The van der Waals surface area contributed by atoms with Crippen molar-refractivity contribution in [1.29, 1.82) is 0 Å². The lowest BCUT2D eigenvalue weighted by molar-refractivity contribution is 0.00914. The lowest BCUT2D eigenvalue weighted by Crippen LogP contribution is -2.46. The Labute approximate surface area is 251 Å². The molecule has 2 saturated carbocycles. The number of nitrogen functional groups attached to an aromatic ring is 1. The van der Waals surface area contributed by atoms with Crippen molar-refractivity contribution in [3.63, 3.8) is 0 Å². The first kappa shape index (κ1) is 33.0. The smallest absolute Gasteiger partial charge is 0.410 e. The largest absolute Gasteiger partial charge is 0.444 e. The number of halogens is 1. The number of ether oxygens (including phenoxy) is 2. The minimum atomic E-state index is -0.583. The van der Waals surface area contributed by atoms with E-state index in [0.29, 0.717) is 48.9 Å². The molecule has 3 N–H and O–H groups in total. The zero-order chi connectivity index (χ0) is 30.2. The molecule has 0 saturated heterocycles. The van der Waals surface area contributed by atoms with Gasteiger partial charge in [-0.15, -0.1) is 0 Å². The van der Waals surface area contributed by atoms with E-state index in [2.05, 4.69) is 15.3 Å². The highest BCUT2D eigenvalue weighted by Crippen LogP contribution is 2.29. The molecule has 1 heterocycles. The molecule has 1 aromatic rings. The molecule has 2 fully saturated rings. The predicted molar refractivity (Wildman–Crippen MR) is 163 cm³/mol. The van der Waals surface area contributed by atoms with Crippen LogP contribution in [0.15, 0.2) is 6.07 Å². The number of carbonyl (C=O) groups excluding carboxylic acids is 2. The monoisotopic (exact) mass is 594 g/mol. The molecule has 0 aromatic carbocycles. The summed E-state index contributed by atoms with van der Waals surface area (Å²) in [4.78, 5) is 38.6. The number of amides is 2. The van der Waals surface area contributed by atoms with Crippen molar-refractivity contribution in [2.24, 2.45) is 5.92 Å². The van der Waals surface area contributed by atoms with Gasteiger partial charge in [0.05, 0.1) is 0 Å². The maximum atomic E-state index is 13.2. The predicted octanol–water partition coefficient (Wildman–Crippen LogP) is 6.88. The van der Waals surface area contributed by atoms with Crippen LogP contribution in [0.2, 0.25) is 5.15 Å². The van der Waals surface area contributed by atoms with Crippen molar-refractivity contribution >= 4 is 35.6 Å². The number of nitrogens with zero attached hydrogens (tertiary/aromatic N) is 4. The molecule has 232 valence electrons. The van der Waals surface area contributed by atoms with Crippen molar-refractivity contribution in [2.45, 2.75) is 129 Å². The Hall–Kier alpha value is -2.49. The molecular weight excluding hydrogens is 544 g/mol. The van der Waals surface area contributed by atoms with Crippen LogP contribution in [0.1, 0.15) is 106 Å². The quantitative estimate of drug-likeness (QED) is 0.297. The van der Waals surface area contributed by atoms with Gasteiger partial charge in [-0.3, -0.25) is 0 Å². The molecule has 2 aliphatic carbocycles. The van der Waals surface area contributed by atoms with Crippen LogP contribution in [0, 0.1) is 5.92 Å². The highest BCUT2D eigenvalue weighted by atomic mass is 35.5. The molecule has 10 nitrogen and oxygen atoms in total. The molecule has 0 aliphatic heterocycles. The Balaban J connectivity index is 1.59. The molecule has 1 aromatic heterocycles. The number of anilines is 2. The van der Waals surface area contributed by atoms with E-state index in [1.165, 1.54) is 12.5 Å². The lowest BCUT2D eigenvalue weighted by atomic mass is 9.85. The fourth-order valence-electron chi connectivity index (χ4n) is 5.63. The SMILES string of the molecule is CC(C)(C)OC(=O)N(CCCN(C(=O)OC(C)(C)C)C1CCCCC1)C[C@H]1CC[C@@H](Nc2nc(N)cc(Cl)n2)CC1. The van der Waals surface area contributed by atoms with Crippen LogP contribution < -0.4 is 11.1 Å². The van der Waals surface area contributed by atoms with Crippen LogP contribution in [0.3, 0.4) is 0 Å². The maximum Gasteiger partial charge on any atom is 0.410 e. The summed E-state index contributed by atoms with van der Waals surface area (Å²) in [6, 6.07) is 1.93. The lowest BCUT2D eigenvalue weighted by Gasteiger charge is -2.37. The fraction of sp³-hybridized carbons (Fsp3) is 0.800. The highest BCUT2D eigenvalue weighted by molar-refractivity contribution is 6.29. The van der Waals surface area contributed by atoms with Crippen molar-refractivity contribution in [2.75, 3.05) is 30.7 Å². The highest BCUT2D eigenvalue weighted by Gasteiger charge is 2.31. The second-order valence-electron chi connectivity index (χ2n) is 13.5. The normalized spacial score (nSPS) is 20.3. The minimum absolute atomic E-state index is 0.190. The fourth-order valence-corrected chi connectivity index (χ4v) is 5.83. The first-order valence-corrected chi connectivity index (χ1v) is 15.6. The number of hydrogen-bond acceptors (Lipinski definition) is 8. The molecule has 11 heteroatoms. The number of nitrogens with one attached hydrogen (secondary N) is 1. The van der Waals surface area contributed by atoms with Gasteiger partial charge in [-0.1, -0.05) is 30.9 Å². The van der Waals surface area contributed by atoms with E-state index >= 15 is 0 Å². The van der Waals surface area contributed by atoms with Crippen LogP contribution in [-0.4, -0.2) is 74.9 Å². The second kappa shape index (κ2) is 14.6. The van der Waals surface area contributed by atoms with Crippen LogP contribution in [0.25, 0.3) is 0 Å².